The van der Waals surface area contributed by atoms with Crippen molar-refractivity contribution in [2.45, 2.75) is 19.2 Å². The lowest BCUT2D eigenvalue weighted by Gasteiger charge is -2.20. The van der Waals surface area contributed by atoms with E-state index in [0.717, 1.165) is 29.2 Å². The molecule has 0 unspecified atom stereocenters. The Hall–Kier alpha value is -5.57. The molecule has 0 spiro atoms. The summed E-state index contributed by atoms with van der Waals surface area (Å²) in [6, 6.07) is 16.0. The average molecular weight is 687 g/mol. The molecular formula is C37H17F11O. The monoisotopic (exact) mass is 686 g/mol. The van der Waals surface area contributed by atoms with Gasteiger partial charge in [-0.2, -0.15) is 22.0 Å². The van der Waals surface area contributed by atoms with Crippen molar-refractivity contribution in [3.8, 4) is 39.8 Å². The molecule has 0 saturated heterocycles. The highest BCUT2D eigenvalue weighted by atomic mass is 19.4. The van der Waals surface area contributed by atoms with Gasteiger partial charge in [0.25, 0.3) is 0 Å². The maximum Gasteiger partial charge on any atom is 0.458 e. The molecule has 6 aromatic rings. The van der Waals surface area contributed by atoms with Crippen LogP contribution in [0.1, 0.15) is 16.7 Å². The molecule has 0 atom stereocenters. The highest BCUT2D eigenvalue weighted by molar-refractivity contribution is 5.92. The summed E-state index contributed by atoms with van der Waals surface area (Å²) >= 11 is 0. The van der Waals surface area contributed by atoms with E-state index in [9.17, 15) is 22.0 Å². The van der Waals surface area contributed by atoms with Gasteiger partial charge in [0.2, 0.25) is 0 Å². The lowest BCUT2D eigenvalue weighted by molar-refractivity contribution is -0.189. The van der Waals surface area contributed by atoms with Gasteiger partial charge < -0.3 is 4.74 Å². The third-order valence-corrected chi connectivity index (χ3v) is 7.61. The zero-order valence-corrected chi connectivity index (χ0v) is 24.6. The van der Waals surface area contributed by atoms with Crippen LogP contribution >= 0.6 is 0 Å². The fraction of sp³-hybridized carbons (Fsp3) is 0.0811. The van der Waals surface area contributed by atoms with Crippen molar-refractivity contribution in [1.29, 1.82) is 0 Å². The smallest absolute Gasteiger partial charge is 0.429 e. The highest BCUT2D eigenvalue weighted by Gasteiger charge is 2.41. The molecule has 0 bridgehead atoms. The minimum Gasteiger partial charge on any atom is -0.429 e. The molecule has 0 heterocycles. The first-order valence-corrected chi connectivity index (χ1v) is 14.1. The number of ether oxygens (including phenoxy) is 1. The van der Waals surface area contributed by atoms with Gasteiger partial charge in [0, 0.05) is 16.7 Å². The van der Waals surface area contributed by atoms with Gasteiger partial charge >= 0.3 is 12.3 Å². The summed E-state index contributed by atoms with van der Waals surface area (Å²) in [5, 5.41) is -0.939. The van der Waals surface area contributed by atoms with E-state index in [1.165, 1.54) is 18.1 Å². The van der Waals surface area contributed by atoms with Gasteiger partial charge in [0.05, 0.1) is 11.1 Å². The largest absolute Gasteiger partial charge is 0.458 e. The van der Waals surface area contributed by atoms with Crippen LogP contribution in [0.4, 0.5) is 48.3 Å². The van der Waals surface area contributed by atoms with Crippen molar-refractivity contribution in [2.75, 3.05) is 0 Å². The molecule has 0 amide bonds. The molecule has 0 aliphatic rings. The fourth-order valence-electron chi connectivity index (χ4n) is 5.33. The Balaban J connectivity index is 1.33. The summed E-state index contributed by atoms with van der Waals surface area (Å²) in [6.07, 6.45) is -9.83. The molecule has 0 saturated carbocycles. The normalized spacial score (nSPS) is 11.9. The summed E-state index contributed by atoms with van der Waals surface area (Å²) in [6.45, 7) is 1.89. The van der Waals surface area contributed by atoms with Crippen LogP contribution in [0.5, 0.6) is 5.75 Å². The second-order valence-electron chi connectivity index (χ2n) is 11.0. The molecule has 0 aliphatic heterocycles. The fourth-order valence-corrected chi connectivity index (χ4v) is 5.33. The van der Waals surface area contributed by atoms with Crippen LogP contribution in [-0.4, -0.2) is 6.18 Å². The van der Waals surface area contributed by atoms with Gasteiger partial charge in [0.1, 0.15) is 46.2 Å². The zero-order valence-electron chi connectivity index (χ0n) is 24.6. The van der Waals surface area contributed by atoms with Gasteiger partial charge in [0.15, 0.2) is 0 Å². The van der Waals surface area contributed by atoms with Crippen LogP contribution in [-0.2, 0) is 6.11 Å². The van der Waals surface area contributed by atoms with Gasteiger partial charge in [-0.15, -0.1) is 0 Å². The SMILES string of the molecule is Cc1ccc(-c2ccc3c(F)c(-c4cc(F)c(C(F)(F)Oc5ccc6c(F)c(C#CC(F)(F)F)c(F)cc6c5)c(F)c4)c(F)cc3c2)cc1. The van der Waals surface area contributed by atoms with E-state index in [1.807, 2.05) is 31.2 Å². The molecule has 1 nitrogen and oxygen atoms in total. The van der Waals surface area contributed by atoms with Crippen molar-refractivity contribution in [3.05, 3.63) is 137 Å². The molecule has 248 valence electrons. The molecule has 0 N–H and O–H groups in total. The Kier molecular flexibility index (Phi) is 8.26. The third kappa shape index (κ3) is 6.48. The maximum atomic E-state index is 15.6. The van der Waals surface area contributed by atoms with E-state index in [4.69, 9.17) is 0 Å². The molecule has 49 heavy (non-hydrogen) atoms. The zero-order chi connectivity index (χ0) is 35.4. The van der Waals surface area contributed by atoms with E-state index in [1.54, 1.807) is 6.07 Å². The van der Waals surface area contributed by atoms with Gasteiger partial charge in [-0.25, -0.2) is 26.3 Å². The Morgan fingerprint density at radius 3 is 1.78 bits per heavy atom. The second kappa shape index (κ2) is 12.1. The quantitative estimate of drug-likeness (QED) is 0.130. The van der Waals surface area contributed by atoms with Crippen LogP contribution in [0.2, 0.25) is 0 Å². The second-order valence-corrected chi connectivity index (χ2v) is 11.0. The van der Waals surface area contributed by atoms with E-state index in [0.29, 0.717) is 35.9 Å². The van der Waals surface area contributed by atoms with Crippen LogP contribution in [0, 0.1) is 53.7 Å². The molecule has 0 aliphatic carbocycles. The first-order chi connectivity index (χ1) is 23.0. The highest BCUT2D eigenvalue weighted by Crippen LogP contribution is 2.40. The first kappa shape index (κ1) is 33.3. The lowest BCUT2D eigenvalue weighted by Crippen LogP contribution is -2.25. The molecule has 6 aromatic carbocycles. The van der Waals surface area contributed by atoms with Crippen molar-refractivity contribution in [3.63, 3.8) is 0 Å². The summed E-state index contributed by atoms with van der Waals surface area (Å²) in [4.78, 5) is 0. The van der Waals surface area contributed by atoms with Gasteiger partial charge in [-0.3, -0.25) is 0 Å². The average Bonchev–Trinajstić information content (AvgIpc) is 2.99. The van der Waals surface area contributed by atoms with Crippen LogP contribution in [0.3, 0.4) is 0 Å². The number of aryl methyl sites for hydroxylation is 1. The van der Waals surface area contributed by atoms with E-state index in [-0.39, 0.29) is 10.8 Å². The summed E-state index contributed by atoms with van der Waals surface area (Å²) < 4.78 is 162. The summed E-state index contributed by atoms with van der Waals surface area (Å²) in [5.41, 5.74) is -2.34. The van der Waals surface area contributed by atoms with Crippen molar-refractivity contribution in [1.82, 2.24) is 0 Å². The number of rotatable bonds is 5. The number of alkyl halides is 5. The maximum absolute atomic E-state index is 15.6. The standard InChI is InChI=1S/C37H17F11O/c1-18-2-4-19(5-3-18)20-6-8-26-21(12-20)15-29(39)32(35(26)43)23-16-30(40)33(31(41)17-23)37(47,48)49-24-7-9-25-22(13-24)14-28(38)27(34(25)42)10-11-36(44,45)46/h2-9,12-17H,1H3. The van der Waals surface area contributed by atoms with Crippen LogP contribution < -0.4 is 4.74 Å². The number of hydrogen-bond donors (Lipinski definition) is 0. The number of benzene rings is 6. The van der Waals surface area contributed by atoms with Crippen molar-refractivity contribution >= 4 is 21.5 Å². The Morgan fingerprint density at radius 1 is 0.551 bits per heavy atom. The third-order valence-electron chi connectivity index (χ3n) is 7.61. The predicted molar refractivity (Wildman–Crippen MR) is 161 cm³/mol. The molecule has 0 fully saturated rings. The van der Waals surface area contributed by atoms with E-state index >= 15 is 26.3 Å². The van der Waals surface area contributed by atoms with Gasteiger partial charge in [-0.1, -0.05) is 47.9 Å². The van der Waals surface area contributed by atoms with E-state index < -0.39 is 86.0 Å². The Morgan fingerprint density at radius 2 is 1.12 bits per heavy atom. The summed E-state index contributed by atoms with van der Waals surface area (Å²) in [7, 11) is 0. The topological polar surface area (TPSA) is 9.23 Å². The minimum atomic E-state index is -5.05. The Labute approximate surface area is 270 Å². The molecule has 12 heteroatoms. The van der Waals surface area contributed by atoms with Crippen LogP contribution in [0.15, 0.2) is 84.9 Å². The number of hydrogen-bond acceptors (Lipinski definition) is 1. The van der Waals surface area contributed by atoms with Gasteiger partial charge in [-0.05, 0) is 82.9 Å². The Bertz CT molecular complexity index is 2330. The van der Waals surface area contributed by atoms with Crippen molar-refractivity contribution in [2.24, 2.45) is 0 Å². The molecule has 0 aromatic heterocycles. The molecule has 0 radical (unpaired) electrons. The predicted octanol–water partition coefficient (Wildman–Crippen LogP) is 11.5. The van der Waals surface area contributed by atoms with Crippen LogP contribution in [0.25, 0.3) is 43.8 Å². The molecule has 6 rings (SSSR count). The number of fused-ring (bicyclic) bond motifs is 2. The van der Waals surface area contributed by atoms with E-state index in [2.05, 4.69) is 4.74 Å². The lowest BCUT2D eigenvalue weighted by atomic mass is 9.95. The van der Waals surface area contributed by atoms with Crippen molar-refractivity contribution < 1.29 is 53.0 Å². The number of halogens is 11. The first-order valence-electron chi connectivity index (χ1n) is 14.1. The summed E-state index contributed by atoms with van der Waals surface area (Å²) in [5.74, 6) is -8.11. The minimum absolute atomic E-state index is 0.102. The molecular weight excluding hydrogens is 669 g/mol.